The lowest BCUT2D eigenvalue weighted by Gasteiger charge is -2.26. The molecule has 3 aromatic carbocycles. The molecule has 0 aromatic heterocycles. The summed E-state index contributed by atoms with van der Waals surface area (Å²) in [5.74, 6) is 0. The highest BCUT2D eigenvalue weighted by molar-refractivity contribution is 5.77. The standard InChI is InChI=1S/C22H23N/c1-16-5-10-20(11-6-16)23(21-12-7-17(2)8-13-21)22-14-9-18(3)19(4)15-22/h5-15H,1-4H3. The topological polar surface area (TPSA) is 3.24 Å². The molecule has 0 aliphatic carbocycles. The third-order valence-electron chi connectivity index (χ3n) is 4.33. The fraction of sp³-hybridized carbons (Fsp3) is 0.182. The van der Waals surface area contributed by atoms with Gasteiger partial charge in [0.15, 0.2) is 0 Å². The summed E-state index contributed by atoms with van der Waals surface area (Å²) in [4.78, 5) is 2.31. The quantitative estimate of drug-likeness (QED) is 0.541. The maximum Gasteiger partial charge on any atom is 0.0464 e. The summed E-state index contributed by atoms with van der Waals surface area (Å²) in [5.41, 5.74) is 8.75. The molecular weight excluding hydrogens is 278 g/mol. The van der Waals surface area contributed by atoms with Crippen molar-refractivity contribution in [2.75, 3.05) is 4.90 Å². The van der Waals surface area contributed by atoms with Gasteiger partial charge in [-0.05, 0) is 75.2 Å². The van der Waals surface area contributed by atoms with Gasteiger partial charge in [-0.1, -0.05) is 41.5 Å². The van der Waals surface area contributed by atoms with Crippen molar-refractivity contribution in [3.63, 3.8) is 0 Å². The molecule has 0 heterocycles. The highest BCUT2D eigenvalue weighted by Gasteiger charge is 2.12. The molecule has 0 amide bonds. The van der Waals surface area contributed by atoms with Gasteiger partial charge in [0.25, 0.3) is 0 Å². The van der Waals surface area contributed by atoms with Crippen LogP contribution in [0.15, 0.2) is 66.7 Å². The summed E-state index contributed by atoms with van der Waals surface area (Å²) in [5, 5.41) is 0. The van der Waals surface area contributed by atoms with Crippen LogP contribution in [0.4, 0.5) is 17.1 Å². The Balaban J connectivity index is 2.14. The predicted octanol–water partition coefficient (Wildman–Crippen LogP) is 6.39. The van der Waals surface area contributed by atoms with E-state index in [1.54, 1.807) is 0 Å². The van der Waals surface area contributed by atoms with Crippen molar-refractivity contribution in [2.45, 2.75) is 27.7 Å². The second-order valence-corrected chi connectivity index (χ2v) is 6.28. The van der Waals surface area contributed by atoms with Crippen molar-refractivity contribution in [3.8, 4) is 0 Å². The molecule has 116 valence electrons. The van der Waals surface area contributed by atoms with Crippen LogP contribution >= 0.6 is 0 Å². The Kier molecular flexibility index (Phi) is 4.20. The van der Waals surface area contributed by atoms with Crippen LogP contribution in [0.5, 0.6) is 0 Å². The molecule has 3 aromatic rings. The number of nitrogens with zero attached hydrogens (tertiary/aromatic N) is 1. The van der Waals surface area contributed by atoms with Crippen LogP contribution < -0.4 is 4.90 Å². The van der Waals surface area contributed by atoms with Gasteiger partial charge in [-0.3, -0.25) is 0 Å². The van der Waals surface area contributed by atoms with Gasteiger partial charge in [0.1, 0.15) is 0 Å². The minimum atomic E-state index is 1.18. The van der Waals surface area contributed by atoms with E-state index in [0.29, 0.717) is 0 Å². The van der Waals surface area contributed by atoms with Crippen LogP contribution in [0.1, 0.15) is 22.3 Å². The lowest BCUT2D eigenvalue weighted by molar-refractivity contribution is 1.24. The van der Waals surface area contributed by atoms with Gasteiger partial charge in [0.2, 0.25) is 0 Å². The van der Waals surface area contributed by atoms with E-state index in [4.69, 9.17) is 0 Å². The Morgan fingerprint density at radius 1 is 0.478 bits per heavy atom. The molecule has 0 radical (unpaired) electrons. The Labute approximate surface area is 139 Å². The first-order chi connectivity index (χ1) is 11.0. The summed E-state index contributed by atoms with van der Waals surface area (Å²) >= 11 is 0. The van der Waals surface area contributed by atoms with E-state index in [0.717, 1.165) is 0 Å². The fourth-order valence-electron chi connectivity index (χ4n) is 2.70. The van der Waals surface area contributed by atoms with Crippen molar-refractivity contribution >= 4 is 17.1 Å². The van der Waals surface area contributed by atoms with E-state index in [2.05, 4.69) is 99.3 Å². The molecule has 0 saturated heterocycles. The molecular formula is C22H23N. The van der Waals surface area contributed by atoms with Crippen molar-refractivity contribution in [3.05, 3.63) is 89.0 Å². The van der Waals surface area contributed by atoms with E-state index in [9.17, 15) is 0 Å². The molecule has 0 aliphatic rings. The zero-order valence-electron chi connectivity index (χ0n) is 14.3. The molecule has 1 nitrogen and oxygen atoms in total. The first-order valence-electron chi connectivity index (χ1n) is 8.05. The summed E-state index contributed by atoms with van der Waals surface area (Å²) in [6.45, 7) is 8.56. The average Bonchev–Trinajstić information content (AvgIpc) is 2.55. The van der Waals surface area contributed by atoms with Crippen LogP contribution in [0.3, 0.4) is 0 Å². The molecule has 0 fully saturated rings. The first-order valence-corrected chi connectivity index (χ1v) is 8.05. The first kappa shape index (κ1) is 15.4. The zero-order chi connectivity index (χ0) is 16.4. The molecule has 0 atom stereocenters. The number of benzene rings is 3. The van der Waals surface area contributed by atoms with Crippen molar-refractivity contribution in [1.82, 2.24) is 0 Å². The maximum absolute atomic E-state index is 2.31. The minimum Gasteiger partial charge on any atom is -0.310 e. The number of rotatable bonds is 3. The largest absolute Gasteiger partial charge is 0.310 e. The number of hydrogen-bond acceptors (Lipinski definition) is 1. The zero-order valence-corrected chi connectivity index (χ0v) is 14.3. The lowest BCUT2D eigenvalue weighted by Crippen LogP contribution is -2.10. The maximum atomic E-state index is 2.31. The van der Waals surface area contributed by atoms with Crippen LogP contribution in [0.25, 0.3) is 0 Å². The highest BCUT2D eigenvalue weighted by atomic mass is 15.1. The van der Waals surface area contributed by atoms with Gasteiger partial charge in [0, 0.05) is 17.1 Å². The Morgan fingerprint density at radius 3 is 1.35 bits per heavy atom. The van der Waals surface area contributed by atoms with Gasteiger partial charge in [0.05, 0.1) is 0 Å². The summed E-state index contributed by atoms with van der Waals surface area (Å²) in [7, 11) is 0. The van der Waals surface area contributed by atoms with E-state index >= 15 is 0 Å². The van der Waals surface area contributed by atoms with Gasteiger partial charge in [-0.2, -0.15) is 0 Å². The van der Waals surface area contributed by atoms with Gasteiger partial charge in [-0.25, -0.2) is 0 Å². The molecule has 3 rings (SSSR count). The smallest absolute Gasteiger partial charge is 0.0464 e. The molecule has 1 heteroatoms. The Hall–Kier alpha value is -2.54. The normalized spacial score (nSPS) is 10.6. The summed E-state index contributed by atoms with van der Waals surface area (Å²) in [6, 6.07) is 24.0. The predicted molar refractivity (Wildman–Crippen MR) is 100 cm³/mol. The Morgan fingerprint density at radius 2 is 0.913 bits per heavy atom. The van der Waals surface area contributed by atoms with E-state index in [1.165, 1.54) is 39.3 Å². The Bertz CT molecular complexity index is 753. The second-order valence-electron chi connectivity index (χ2n) is 6.28. The molecule has 0 unspecified atom stereocenters. The van der Waals surface area contributed by atoms with E-state index < -0.39 is 0 Å². The molecule has 0 saturated carbocycles. The monoisotopic (exact) mass is 301 g/mol. The highest BCUT2D eigenvalue weighted by Crippen LogP contribution is 2.35. The van der Waals surface area contributed by atoms with E-state index in [-0.39, 0.29) is 0 Å². The third-order valence-corrected chi connectivity index (χ3v) is 4.33. The molecule has 23 heavy (non-hydrogen) atoms. The molecule has 0 aliphatic heterocycles. The third kappa shape index (κ3) is 3.29. The van der Waals surface area contributed by atoms with Gasteiger partial charge in [-0.15, -0.1) is 0 Å². The molecule has 0 spiro atoms. The van der Waals surface area contributed by atoms with Crippen LogP contribution in [-0.2, 0) is 0 Å². The number of hydrogen-bond donors (Lipinski definition) is 0. The fourth-order valence-corrected chi connectivity index (χ4v) is 2.70. The molecule has 0 bridgehead atoms. The SMILES string of the molecule is Cc1ccc(N(c2ccc(C)cc2)c2ccc(C)c(C)c2)cc1. The van der Waals surface area contributed by atoms with Gasteiger partial charge >= 0.3 is 0 Å². The lowest BCUT2D eigenvalue weighted by atomic mass is 10.1. The minimum absolute atomic E-state index is 1.18. The summed E-state index contributed by atoms with van der Waals surface area (Å²) in [6.07, 6.45) is 0. The van der Waals surface area contributed by atoms with Crippen LogP contribution in [0, 0.1) is 27.7 Å². The van der Waals surface area contributed by atoms with Crippen molar-refractivity contribution in [1.29, 1.82) is 0 Å². The second kappa shape index (κ2) is 6.29. The van der Waals surface area contributed by atoms with Crippen LogP contribution in [-0.4, -0.2) is 0 Å². The molecule has 0 N–H and O–H groups in total. The summed E-state index contributed by atoms with van der Waals surface area (Å²) < 4.78 is 0. The number of aryl methyl sites for hydroxylation is 4. The van der Waals surface area contributed by atoms with Gasteiger partial charge < -0.3 is 4.90 Å². The van der Waals surface area contributed by atoms with E-state index in [1.807, 2.05) is 0 Å². The van der Waals surface area contributed by atoms with Crippen LogP contribution in [0.2, 0.25) is 0 Å². The van der Waals surface area contributed by atoms with Crippen molar-refractivity contribution in [2.24, 2.45) is 0 Å². The van der Waals surface area contributed by atoms with Crippen molar-refractivity contribution < 1.29 is 0 Å². The number of anilines is 3. The average molecular weight is 301 g/mol.